The fraction of sp³-hybridized carbons (Fsp3) is 0.0500. The molecule has 0 N–H and O–H groups in total. The van der Waals surface area contributed by atoms with Gasteiger partial charge in [-0.3, -0.25) is 4.98 Å². The van der Waals surface area contributed by atoms with Crippen LogP contribution in [0.4, 0.5) is 0 Å². The predicted octanol–water partition coefficient (Wildman–Crippen LogP) is 2.99. The molecule has 0 bridgehead atoms. The van der Waals surface area contributed by atoms with Crippen LogP contribution in [-0.4, -0.2) is 19.1 Å². The van der Waals surface area contributed by atoms with Crippen LogP contribution in [-0.2, 0) is 6.54 Å². The van der Waals surface area contributed by atoms with Crippen LogP contribution in [0.15, 0.2) is 73.2 Å². The highest BCUT2D eigenvalue weighted by Crippen LogP contribution is 2.32. The Labute approximate surface area is 143 Å². The summed E-state index contributed by atoms with van der Waals surface area (Å²) in [7, 11) is 0. The van der Waals surface area contributed by atoms with Crippen molar-refractivity contribution in [2.75, 3.05) is 0 Å². The second-order valence-electron chi connectivity index (χ2n) is 6.30. The molecule has 0 atom stereocenters. The molecule has 0 spiro atoms. The molecule has 1 aliphatic rings. The highest BCUT2D eigenvalue weighted by atomic mass is 15.3. The van der Waals surface area contributed by atoms with Gasteiger partial charge >= 0.3 is 5.78 Å². The molecule has 5 aromatic rings. The Bertz CT molecular complexity index is 1260. The molecule has 118 valence electrons. The van der Waals surface area contributed by atoms with Crippen molar-refractivity contribution < 1.29 is 4.40 Å². The van der Waals surface area contributed by atoms with Crippen molar-refractivity contribution >= 4 is 16.9 Å². The average Bonchev–Trinajstić information content (AvgIpc) is 3.30. The number of imidazole rings is 2. The zero-order valence-corrected chi connectivity index (χ0v) is 13.4. The maximum Gasteiger partial charge on any atom is 0.334 e. The number of hydrogen-bond acceptors (Lipinski definition) is 2. The molecule has 0 saturated carbocycles. The van der Waals surface area contributed by atoms with E-state index < -0.39 is 0 Å². The summed E-state index contributed by atoms with van der Waals surface area (Å²) >= 11 is 0. The van der Waals surface area contributed by atoms with E-state index in [0.29, 0.717) is 0 Å². The van der Waals surface area contributed by atoms with E-state index in [0.717, 1.165) is 40.6 Å². The second-order valence-corrected chi connectivity index (χ2v) is 6.30. The molecule has 4 aromatic heterocycles. The van der Waals surface area contributed by atoms with E-state index in [-0.39, 0.29) is 0 Å². The van der Waals surface area contributed by atoms with Crippen LogP contribution in [0.3, 0.4) is 0 Å². The van der Waals surface area contributed by atoms with E-state index in [1.165, 1.54) is 5.56 Å². The van der Waals surface area contributed by atoms with Gasteiger partial charge in [-0.15, -0.1) is 4.98 Å². The molecular weight excluding hydrogens is 310 g/mol. The number of para-hydroxylation sites is 1. The molecule has 0 aliphatic carbocycles. The van der Waals surface area contributed by atoms with E-state index in [4.69, 9.17) is 0 Å². The van der Waals surface area contributed by atoms with Gasteiger partial charge < -0.3 is 0 Å². The van der Waals surface area contributed by atoms with Gasteiger partial charge in [0.05, 0.1) is 24.6 Å². The number of rotatable bonds is 1. The topological polar surface area (TPSA) is 39.7 Å². The first-order valence-electron chi connectivity index (χ1n) is 8.32. The molecule has 1 aromatic carbocycles. The minimum Gasteiger partial charge on any atom is -0.253 e. The first kappa shape index (κ1) is 12.9. The van der Waals surface area contributed by atoms with E-state index in [1.54, 1.807) is 0 Å². The van der Waals surface area contributed by atoms with Gasteiger partial charge in [0.2, 0.25) is 0 Å². The summed E-state index contributed by atoms with van der Waals surface area (Å²) in [4.78, 5) is 9.23. The minimum absolute atomic E-state index is 0.832. The van der Waals surface area contributed by atoms with Crippen LogP contribution >= 0.6 is 0 Å². The molecule has 5 heterocycles. The quantitative estimate of drug-likeness (QED) is 0.436. The number of pyridine rings is 2. The Morgan fingerprint density at radius 2 is 1.72 bits per heavy atom. The van der Waals surface area contributed by atoms with Gasteiger partial charge in [0.25, 0.3) is 5.65 Å². The van der Waals surface area contributed by atoms with Gasteiger partial charge in [-0.1, -0.05) is 24.3 Å². The lowest BCUT2D eigenvalue weighted by molar-refractivity contribution is -0.482. The predicted molar refractivity (Wildman–Crippen MR) is 94.6 cm³/mol. The summed E-state index contributed by atoms with van der Waals surface area (Å²) in [6, 6.07) is 18.7. The first-order valence-corrected chi connectivity index (χ1v) is 8.32. The van der Waals surface area contributed by atoms with Crippen LogP contribution < -0.4 is 4.40 Å². The third kappa shape index (κ3) is 1.59. The van der Waals surface area contributed by atoms with E-state index in [9.17, 15) is 0 Å². The lowest BCUT2D eigenvalue weighted by atomic mass is 10.2. The lowest BCUT2D eigenvalue weighted by Gasteiger charge is -2.02. The number of hydrogen-bond donors (Lipinski definition) is 0. The zero-order chi connectivity index (χ0) is 16.4. The standard InChI is InChI=1S/C20H14N5/c1-2-7-15(8-3-1)25-16-9-5-11-22-19(16)24-13-17-18-14(6-4-10-21-18)12-23(17)20(24)25/h1-11,13H,12H2/q+1. The molecule has 6 rings (SSSR count). The Morgan fingerprint density at radius 1 is 0.880 bits per heavy atom. The van der Waals surface area contributed by atoms with Crippen LogP contribution in [0.25, 0.3) is 34.0 Å². The minimum atomic E-state index is 0.832. The summed E-state index contributed by atoms with van der Waals surface area (Å²) in [5.41, 5.74) is 6.66. The van der Waals surface area contributed by atoms with Gasteiger partial charge in [0.15, 0.2) is 5.52 Å². The van der Waals surface area contributed by atoms with Crippen molar-refractivity contribution in [3.05, 3.63) is 78.8 Å². The monoisotopic (exact) mass is 324 g/mol. The highest BCUT2D eigenvalue weighted by molar-refractivity contribution is 5.76. The SMILES string of the molecule is c1ccc(-n2c3cccnc3[n+]3cc4n(c23)Cc2cccnc2-4)cc1. The van der Waals surface area contributed by atoms with Crippen molar-refractivity contribution in [3.63, 3.8) is 0 Å². The van der Waals surface area contributed by atoms with Gasteiger partial charge in [0, 0.05) is 11.8 Å². The van der Waals surface area contributed by atoms with Crippen LogP contribution in [0.2, 0.25) is 0 Å². The van der Waals surface area contributed by atoms with Crippen molar-refractivity contribution in [3.8, 4) is 17.1 Å². The van der Waals surface area contributed by atoms with Gasteiger partial charge in [-0.25, -0.2) is 9.13 Å². The Morgan fingerprint density at radius 3 is 2.64 bits per heavy atom. The van der Waals surface area contributed by atoms with E-state index in [2.05, 4.69) is 66.1 Å². The molecule has 0 saturated heterocycles. The molecule has 0 fully saturated rings. The molecule has 1 aliphatic heterocycles. The molecule has 5 nitrogen and oxygen atoms in total. The van der Waals surface area contributed by atoms with E-state index in [1.807, 2.05) is 30.6 Å². The van der Waals surface area contributed by atoms with Crippen molar-refractivity contribution in [2.24, 2.45) is 0 Å². The molecule has 25 heavy (non-hydrogen) atoms. The van der Waals surface area contributed by atoms with Gasteiger partial charge in [-0.05, 0) is 30.3 Å². The van der Waals surface area contributed by atoms with Crippen molar-refractivity contribution in [2.45, 2.75) is 6.54 Å². The Kier molecular flexibility index (Phi) is 2.34. The fourth-order valence-corrected chi connectivity index (χ4v) is 3.87. The summed E-state index contributed by atoms with van der Waals surface area (Å²) in [6.07, 6.45) is 5.86. The van der Waals surface area contributed by atoms with Crippen molar-refractivity contribution in [1.29, 1.82) is 0 Å². The van der Waals surface area contributed by atoms with Crippen LogP contribution in [0, 0.1) is 0 Å². The fourth-order valence-electron chi connectivity index (χ4n) is 3.87. The largest absolute Gasteiger partial charge is 0.334 e. The molecule has 0 unspecified atom stereocenters. The molecule has 0 radical (unpaired) electrons. The van der Waals surface area contributed by atoms with Crippen LogP contribution in [0.1, 0.15) is 5.56 Å². The Hall–Kier alpha value is -3.47. The summed E-state index contributed by atoms with van der Waals surface area (Å²) in [5.74, 6) is 1.10. The van der Waals surface area contributed by atoms with Gasteiger partial charge in [-0.2, -0.15) is 4.40 Å². The van der Waals surface area contributed by atoms with Crippen molar-refractivity contribution in [1.82, 2.24) is 19.1 Å². The normalized spacial score (nSPS) is 12.6. The van der Waals surface area contributed by atoms with Gasteiger partial charge in [0.1, 0.15) is 11.4 Å². The molecular formula is C20H14N5+. The number of nitrogens with zero attached hydrogens (tertiary/aromatic N) is 5. The summed E-state index contributed by atoms with van der Waals surface area (Å²) in [5, 5.41) is 0. The zero-order valence-electron chi connectivity index (χ0n) is 13.4. The first-order chi connectivity index (χ1) is 12.4. The number of benzene rings is 1. The smallest absolute Gasteiger partial charge is 0.253 e. The third-order valence-electron chi connectivity index (χ3n) is 4.91. The second kappa shape index (κ2) is 4.54. The maximum absolute atomic E-state index is 4.63. The maximum atomic E-state index is 4.63. The summed E-state index contributed by atoms with van der Waals surface area (Å²) in [6.45, 7) is 0.832. The highest BCUT2D eigenvalue weighted by Gasteiger charge is 2.32. The summed E-state index contributed by atoms with van der Waals surface area (Å²) < 4.78 is 6.78. The molecule has 0 amide bonds. The number of fused-ring (bicyclic) bond motifs is 7. The average molecular weight is 324 g/mol. The lowest BCUT2D eigenvalue weighted by Crippen LogP contribution is -2.19. The molecule has 5 heteroatoms. The van der Waals surface area contributed by atoms with Crippen LogP contribution in [0.5, 0.6) is 0 Å². The van der Waals surface area contributed by atoms with E-state index >= 15 is 0 Å². The number of aromatic nitrogens is 5. The Balaban J connectivity index is 1.79. The third-order valence-corrected chi connectivity index (χ3v) is 4.91.